The van der Waals surface area contributed by atoms with Crippen LogP contribution >= 0.6 is 0 Å². The maximum atomic E-state index is 12.7. The minimum Gasteiger partial charge on any atom is -0.466 e. The highest BCUT2D eigenvalue weighted by atomic mass is 16.5. The fourth-order valence-electron chi connectivity index (χ4n) is 2.86. The number of ether oxygens (including phenoxy) is 1. The molecular formula is C16H19N3O3. The number of imidazole rings is 1. The Kier molecular flexibility index (Phi) is 4.09. The number of carbonyl (C=O) groups is 2. The van der Waals surface area contributed by atoms with Crippen LogP contribution in [0.2, 0.25) is 0 Å². The summed E-state index contributed by atoms with van der Waals surface area (Å²) in [6.07, 6.45) is 6.68. The quantitative estimate of drug-likeness (QED) is 0.810. The van der Waals surface area contributed by atoms with Crippen LogP contribution in [0.25, 0.3) is 5.65 Å². The van der Waals surface area contributed by atoms with Gasteiger partial charge in [-0.05, 0) is 31.9 Å². The molecule has 2 aromatic heterocycles. The van der Waals surface area contributed by atoms with Crippen molar-refractivity contribution in [3.8, 4) is 0 Å². The standard InChI is InChI=1S/C16H19N3O3/c1-2-22-16(21)12-5-9-19(10-6-12)15(20)13-4-3-8-18-11-7-17-14(13)18/h3-4,7-8,11-12H,2,5-6,9-10H2,1H3. The molecule has 3 rings (SSSR count). The van der Waals surface area contributed by atoms with Gasteiger partial charge in [0.05, 0.1) is 18.1 Å². The molecule has 0 aliphatic carbocycles. The monoisotopic (exact) mass is 301 g/mol. The number of likely N-dealkylation sites (tertiary alicyclic amines) is 1. The molecule has 6 nitrogen and oxygen atoms in total. The van der Waals surface area contributed by atoms with Crippen molar-refractivity contribution in [2.75, 3.05) is 19.7 Å². The summed E-state index contributed by atoms with van der Waals surface area (Å²) < 4.78 is 6.89. The number of esters is 1. The minimum absolute atomic E-state index is 0.0286. The molecule has 0 unspecified atom stereocenters. The van der Waals surface area contributed by atoms with Crippen LogP contribution in [0.1, 0.15) is 30.1 Å². The maximum Gasteiger partial charge on any atom is 0.309 e. The number of pyridine rings is 1. The lowest BCUT2D eigenvalue weighted by atomic mass is 9.96. The van der Waals surface area contributed by atoms with Crippen molar-refractivity contribution in [3.05, 3.63) is 36.3 Å². The second kappa shape index (κ2) is 6.17. The van der Waals surface area contributed by atoms with Gasteiger partial charge < -0.3 is 14.0 Å². The van der Waals surface area contributed by atoms with Gasteiger partial charge in [-0.15, -0.1) is 0 Å². The minimum atomic E-state index is -0.148. The van der Waals surface area contributed by atoms with Gasteiger partial charge in [-0.1, -0.05) is 0 Å². The molecule has 0 aromatic carbocycles. The average molecular weight is 301 g/mol. The molecule has 2 aromatic rings. The lowest BCUT2D eigenvalue weighted by Gasteiger charge is -2.31. The second-order valence-corrected chi connectivity index (χ2v) is 5.40. The summed E-state index contributed by atoms with van der Waals surface area (Å²) in [5, 5.41) is 0. The van der Waals surface area contributed by atoms with E-state index in [0.717, 1.165) is 0 Å². The lowest BCUT2D eigenvalue weighted by molar-refractivity contribution is -0.149. The van der Waals surface area contributed by atoms with E-state index in [2.05, 4.69) is 4.98 Å². The van der Waals surface area contributed by atoms with Crippen LogP contribution < -0.4 is 0 Å². The number of nitrogens with zero attached hydrogens (tertiary/aromatic N) is 3. The predicted molar refractivity (Wildman–Crippen MR) is 80.5 cm³/mol. The molecule has 1 aliphatic heterocycles. The van der Waals surface area contributed by atoms with Gasteiger partial charge in [0, 0.05) is 31.7 Å². The van der Waals surface area contributed by atoms with E-state index in [4.69, 9.17) is 4.74 Å². The summed E-state index contributed by atoms with van der Waals surface area (Å²) in [4.78, 5) is 30.5. The van der Waals surface area contributed by atoms with E-state index in [1.807, 2.05) is 29.8 Å². The fraction of sp³-hybridized carbons (Fsp3) is 0.438. The summed E-state index contributed by atoms with van der Waals surface area (Å²) >= 11 is 0. The second-order valence-electron chi connectivity index (χ2n) is 5.40. The van der Waals surface area contributed by atoms with Crippen LogP contribution in [-0.2, 0) is 9.53 Å². The molecule has 1 fully saturated rings. The van der Waals surface area contributed by atoms with Crippen LogP contribution in [0.4, 0.5) is 0 Å². The van der Waals surface area contributed by atoms with Gasteiger partial charge in [0.15, 0.2) is 0 Å². The Bertz CT molecular complexity index is 687. The smallest absolute Gasteiger partial charge is 0.309 e. The van der Waals surface area contributed by atoms with E-state index in [0.29, 0.717) is 43.7 Å². The highest BCUT2D eigenvalue weighted by Gasteiger charge is 2.29. The number of aromatic nitrogens is 2. The predicted octanol–water partition coefficient (Wildman–Crippen LogP) is 1.75. The summed E-state index contributed by atoms with van der Waals surface area (Å²) in [5.41, 5.74) is 1.27. The first-order chi connectivity index (χ1) is 10.7. The van der Waals surface area contributed by atoms with Gasteiger partial charge in [0.25, 0.3) is 5.91 Å². The van der Waals surface area contributed by atoms with Crippen molar-refractivity contribution < 1.29 is 14.3 Å². The fourth-order valence-corrected chi connectivity index (χ4v) is 2.86. The molecule has 1 saturated heterocycles. The Morgan fingerprint density at radius 3 is 2.82 bits per heavy atom. The SMILES string of the molecule is CCOC(=O)C1CCN(C(=O)c2cccn3ccnc23)CC1. The highest BCUT2D eigenvalue weighted by Crippen LogP contribution is 2.21. The van der Waals surface area contributed by atoms with Gasteiger partial charge in [-0.3, -0.25) is 9.59 Å². The summed E-state index contributed by atoms with van der Waals surface area (Å²) in [6, 6.07) is 3.63. The zero-order valence-corrected chi connectivity index (χ0v) is 12.6. The van der Waals surface area contributed by atoms with E-state index >= 15 is 0 Å². The van der Waals surface area contributed by atoms with E-state index in [-0.39, 0.29) is 17.8 Å². The molecule has 3 heterocycles. The maximum absolute atomic E-state index is 12.7. The molecule has 0 atom stereocenters. The first-order valence-corrected chi connectivity index (χ1v) is 7.58. The first kappa shape index (κ1) is 14.6. The molecule has 0 radical (unpaired) electrons. The third kappa shape index (κ3) is 2.68. The third-order valence-electron chi connectivity index (χ3n) is 4.05. The van der Waals surface area contributed by atoms with Crippen molar-refractivity contribution in [1.29, 1.82) is 0 Å². The molecule has 1 aliphatic rings. The third-order valence-corrected chi connectivity index (χ3v) is 4.05. The van der Waals surface area contributed by atoms with Crippen molar-refractivity contribution in [2.45, 2.75) is 19.8 Å². The van der Waals surface area contributed by atoms with E-state index in [1.165, 1.54) is 0 Å². The summed E-state index contributed by atoms with van der Waals surface area (Å²) in [7, 11) is 0. The van der Waals surface area contributed by atoms with Crippen LogP contribution in [0.5, 0.6) is 0 Å². The number of piperidine rings is 1. The van der Waals surface area contributed by atoms with Crippen molar-refractivity contribution in [3.63, 3.8) is 0 Å². The molecule has 1 amide bonds. The molecule has 0 saturated carbocycles. The van der Waals surface area contributed by atoms with E-state index in [1.54, 1.807) is 17.2 Å². The van der Waals surface area contributed by atoms with Gasteiger partial charge in [0.1, 0.15) is 5.65 Å². The first-order valence-electron chi connectivity index (χ1n) is 7.58. The average Bonchev–Trinajstić information content (AvgIpc) is 3.03. The molecule has 0 N–H and O–H groups in total. The van der Waals surface area contributed by atoms with Crippen LogP contribution in [0.15, 0.2) is 30.7 Å². The van der Waals surface area contributed by atoms with Gasteiger partial charge >= 0.3 is 5.97 Å². The van der Waals surface area contributed by atoms with Crippen molar-refractivity contribution in [1.82, 2.24) is 14.3 Å². The Labute approximate surface area is 128 Å². The number of hydrogen-bond acceptors (Lipinski definition) is 4. The Morgan fingerprint density at radius 1 is 1.32 bits per heavy atom. The number of hydrogen-bond donors (Lipinski definition) is 0. The van der Waals surface area contributed by atoms with Crippen molar-refractivity contribution >= 4 is 17.5 Å². The highest BCUT2D eigenvalue weighted by molar-refractivity contribution is 5.99. The molecule has 116 valence electrons. The zero-order valence-electron chi connectivity index (χ0n) is 12.6. The van der Waals surface area contributed by atoms with Crippen LogP contribution in [0, 0.1) is 5.92 Å². The van der Waals surface area contributed by atoms with Gasteiger partial charge in [0.2, 0.25) is 0 Å². The van der Waals surface area contributed by atoms with E-state index < -0.39 is 0 Å². The summed E-state index contributed by atoms with van der Waals surface area (Å²) in [5.74, 6) is -0.268. The van der Waals surface area contributed by atoms with E-state index in [9.17, 15) is 9.59 Å². The zero-order chi connectivity index (χ0) is 15.5. The molecule has 0 bridgehead atoms. The molecule has 0 spiro atoms. The number of fused-ring (bicyclic) bond motifs is 1. The van der Waals surface area contributed by atoms with Crippen LogP contribution in [-0.4, -0.2) is 45.9 Å². The Morgan fingerprint density at radius 2 is 2.09 bits per heavy atom. The Balaban J connectivity index is 1.70. The Hall–Kier alpha value is -2.37. The largest absolute Gasteiger partial charge is 0.466 e. The summed E-state index contributed by atoms with van der Waals surface area (Å²) in [6.45, 7) is 3.36. The number of amides is 1. The molecular weight excluding hydrogens is 282 g/mol. The lowest BCUT2D eigenvalue weighted by Crippen LogP contribution is -2.40. The molecule has 6 heteroatoms. The number of rotatable bonds is 3. The van der Waals surface area contributed by atoms with Crippen LogP contribution in [0.3, 0.4) is 0 Å². The van der Waals surface area contributed by atoms with Crippen molar-refractivity contribution in [2.24, 2.45) is 5.92 Å². The van der Waals surface area contributed by atoms with Gasteiger partial charge in [-0.2, -0.15) is 0 Å². The molecule has 22 heavy (non-hydrogen) atoms. The van der Waals surface area contributed by atoms with Gasteiger partial charge in [-0.25, -0.2) is 4.98 Å². The number of carbonyl (C=O) groups excluding carboxylic acids is 2. The normalized spacial score (nSPS) is 16.0. The topological polar surface area (TPSA) is 63.9 Å².